The number of rotatable bonds is 7. The largest absolute Gasteiger partial charge is 0.772 e. The summed E-state index contributed by atoms with van der Waals surface area (Å²) < 4.78 is 24.9. The van der Waals surface area contributed by atoms with E-state index in [1.165, 1.54) is 0 Å². The van der Waals surface area contributed by atoms with Gasteiger partial charge in [0.25, 0.3) is 0 Å². The van der Waals surface area contributed by atoms with E-state index in [0.717, 1.165) is 6.42 Å². The first kappa shape index (κ1) is 12.6. The lowest BCUT2D eigenvalue weighted by atomic mass is 10.2. The fourth-order valence-electron chi connectivity index (χ4n) is 0.899. The highest BCUT2D eigenvalue weighted by Gasteiger charge is 1.99. The molecule has 0 bridgehead atoms. The van der Waals surface area contributed by atoms with Crippen molar-refractivity contribution >= 4 is 17.0 Å². The summed E-state index contributed by atoms with van der Waals surface area (Å²) in [5.74, 6) is -0.0197. The maximum Gasteiger partial charge on any atom is 0.305 e. The second kappa shape index (κ2) is 8.19. The molecule has 0 aromatic heterocycles. The normalized spacial score (nSPS) is 12.5. The molecule has 0 N–H and O–H groups in total. The molecule has 0 aliphatic carbocycles. The van der Waals surface area contributed by atoms with Gasteiger partial charge in [-0.05, 0) is 19.8 Å². The van der Waals surface area contributed by atoms with E-state index in [2.05, 4.69) is 0 Å². The molecule has 0 aliphatic rings. The Kier molecular flexibility index (Phi) is 7.93. The van der Waals surface area contributed by atoms with Crippen molar-refractivity contribution in [2.75, 3.05) is 12.4 Å². The van der Waals surface area contributed by atoms with E-state index < -0.39 is 11.1 Å². The maximum absolute atomic E-state index is 10.8. The van der Waals surface area contributed by atoms with E-state index in [4.69, 9.17) is 4.74 Å². The molecule has 0 radical (unpaired) electrons. The van der Waals surface area contributed by atoms with Gasteiger partial charge in [-0.25, -0.2) is 0 Å². The molecule has 0 aromatic rings. The van der Waals surface area contributed by atoms with Gasteiger partial charge < -0.3 is 9.29 Å². The van der Waals surface area contributed by atoms with Crippen molar-refractivity contribution < 1.29 is 18.3 Å². The van der Waals surface area contributed by atoms with Crippen LogP contribution in [0.25, 0.3) is 0 Å². The van der Waals surface area contributed by atoms with Gasteiger partial charge >= 0.3 is 5.97 Å². The number of esters is 1. The van der Waals surface area contributed by atoms with Crippen LogP contribution in [-0.2, 0) is 20.6 Å². The summed E-state index contributed by atoms with van der Waals surface area (Å²) in [6, 6.07) is 0. The summed E-state index contributed by atoms with van der Waals surface area (Å²) >= 11 is -1.95. The molecular weight excluding hydrogens is 192 g/mol. The molecule has 0 aromatic carbocycles. The fraction of sp³-hybridized carbons (Fsp3) is 0.875. The molecule has 13 heavy (non-hydrogen) atoms. The van der Waals surface area contributed by atoms with E-state index in [-0.39, 0.29) is 11.7 Å². The Morgan fingerprint density at radius 3 is 2.62 bits per heavy atom. The molecule has 5 heteroatoms. The first-order valence-corrected chi connectivity index (χ1v) is 5.62. The standard InChI is InChI=1S/C8H16O4S/c1-2-12-8(9)6-4-3-5-7-13(10)11/h2-7H2,1H3,(H,10,11)/p-1. The highest BCUT2D eigenvalue weighted by atomic mass is 32.2. The summed E-state index contributed by atoms with van der Waals surface area (Å²) in [7, 11) is 0. The topological polar surface area (TPSA) is 66.4 Å². The Morgan fingerprint density at radius 2 is 2.08 bits per heavy atom. The molecule has 0 amide bonds. The molecule has 0 rings (SSSR count). The third-order valence-corrected chi connectivity index (χ3v) is 2.12. The van der Waals surface area contributed by atoms with E-state index in [9.17, 15) is 13.6 Å². The zero-order valence-corrected chi connectivity index (χ0v) is 8.60. The number of hydrogen-bond donors (Lipinski definition) is 0. The summed E-state index contributed by atoms with van der Waals surface area (Å²) in [5, 5.41) is 0. The highest BCUT2D eigenvalue weighted by Crippen LogP contribution is 2.01. The van der Waals surface area contributed by atoms with Crippen molar-refractivity contribution in [2.24, 2.45) is 0 Å². The minimum Gasteiger partial charge on any atom is -0.772 e. The van der Waals surface area contributed by atoms with Crippen LogP contribution in [0.2, 0.25) is 0 Å². The molecule has 0 saturated carbocycles. The Labute approximate surface area is 80.9 Å². The minimum atomic E-state index is -1.95. The third kappa shape index (κ3) is 9.49. The lowest BCUT2D eigenvalue weighted by molar-refractivity contribution is -0.143. The lowest BCUT2D eigenvalue weighted by Gasteiger charge is -2.04. The van der Waals surface area contributed by atoms with Crippen LogP contribution in [0, 0.1) is 0 Å². The van der Waals surface area contributed by atoms with Crippen molar-refractivity contribution in [3.63, 3.8) is 0 Å². The van der Waals surface area contributed by atoms with Crippen LogP contribution in [0.5, 0.6) is 0 Å². The van der Waals surface area contributed by atoms with Gasteiger partial charge in [0, 0.05) is 12.2 Å². The molecule has 0 saturated heterocycles. The van der Waals surface area contributed by atoms with Crippen molar-refractivity contribution in [2.45, 2.75) is 32.6 Å². The van der Waals surface area contributed by atoms with Gasteiger partial charge in [-0.2, -0.15) is 0 Å². The first-order valence-electron chi connectivity index (χ1n) is 4.38. The molecular formula is C8H15O4S-. The van der Waals surface area contributed by atoms with Crippen LogP contribution in [0.3, 0.4) is 0 Å². The smallest absolute Gasteiger partial charge is 0.305 e. The quantitative estimate of drug-likeness (QED) is 0.355. The predicted molar refractivity (Wildman–Crippen MR) is 48.9 cm³/mol. The van der Waals surface area contributed by atoms with Gasteiger partial charge in [0.15, 0.2) is 0 Å². The van der Waals surface area contributed by atoms with Gasteiger partial charge in [0.1, 0.15) is 0 Å². The summed E-state index contributed by atoms with van der Waals surface area (Å²) in [4.78, 5) is 10.8. The maximum atomic E-state index is 10.8. The van der Waals surface area contributed by atoms with Crippen LogP contribution in [0.15, 0.2) is 0 Å². The molecule has 0 heterocycles. The van der Waals surface area contributed by atoms with Gasteiger partial charge in [0.2, 0.25) is 0 Å². The Balaban J connectivity index is 3.16. The van der Waals surface area contributed by atoms with E-state index >= 15 is 0 Å². The average Bonchev–Trinajstić information content (AvgIpc) is 2.03. The molecule has 1 atom stereocenters. The predicted octanol–water partition coefficient (Wildman–Crippen LogP) is 0.989. The highest BCUT2D eigenvalue weighted by molar-refractivity contribution is 7.79. The van der Waals surface area contributed by atoms with Crippen molar-refractivity contribution in [3.8, 4) is 0 Å². The lowest BCUT2D eigenvalue weighted by Crippen LogP contribution is -2.03. The summed E-state index contributed by atoms with van der Waals surface area (Å²) in [6.45, 7) is 2.17. The Hall–Kier alpha value is -0.420. The van der Waals surface area contributed by atoms with Crippen LogP contribution in [0.4, 0.5) is 0 Å². The summed E-state index contributed by atoms with van der Waals surface area (Å²) in [6.07, 6.45) is 2.47. The van der Waals surface area contributed by atoms with Crippen LogP contribution < -0.4 is 0 Å². The van der Waals surface area contributed by atoms with Crippen molar-refractivity contribution in [1.29, 1.82) is 0 Å². The van der Waals surface area contributed by atoms with Crippen molar-refractivity contribution in [3.05, 3.63) is 0 Å². The zero-order valence-electron chi connectivity index (χ0n) is 7.78. The molecule has 78 valence electrons. The number of hydrogen-bond acceptors (Lipinski definition) is 4. The number of unbranched alkanes of at least 4 members (excludes halogenated alkanes) is 2. The van der Waals surface area contributed by atoms with Gasteiger partial charge in [0.05, 0.1) is 6.61 Å². The van der Waals surface area contributed by atoms with Crippen LogP contribution in [0.1, 0.15) is 32.6 Å². The van der Waals surface area contributed by atoms with Gasteiger partial charge in [-0.15, -0.1) is 0 Å². The molecule has 0 aliphatic heterocycles. The Morgan fingerprint density at radius 1 is 1.38 bits per heavy atom. The van der Waals surface area contributed by atoms with Gasteiger partial charge in [-0.1, -0.05) is 17.5 Å². The minimum absolute atomic E-state index is 0.183. The second-order valence-electron chi connectivity index (χ2n) is 2.62. The van der Waals surface area contributed by atoms with E-state index in [1.807, 2.05) is 0 Å². The van der Waals surface area contributed by atoms with Crippen LogP contribution in [-0.4, -0.2) is 27.1 Å². The zero-order chi connectivity index (χ0) is 10.1. The van der Waals surface area contributed by atoms with Gasteiger partial charge in [-0.3, -0.25) is 9.00 Å². The summed E-state index contributed by atoms with van der Waals surface area (Å²) in [5.41, 5.74) is 0. The fourth-order valence-corrected chi connectivity index (χ4v) is 1.34. The molecule has 4 nitrogen and oxygen atoms in total. The second-order valence-corrected chi connectivity index (χ2v) is 3.64. The number of carbonyl (C=O) groups excluding carboxylic acids is 1. The molecule has 1 unspecified atom stereocenters. The number of carbonyl (C=O) groups is 1. The molecule has 0 spiro atoms. The van der Waals surface area contributed by atoms with E-state index in [1.54, 1.807) is 6.92 Å². The monoisotopic (exact) mass is 207 g/mol. The average molecular weight is 207 g/mol. The van der Waals surface area contributed by atoms with Crippen molar-refractivity contribution in [1.82, 2.24) is 0 Å². The number of ether oxygens (including phenoxy) is 1. The van der Waals surface area contributed by atoms with Crippen LogP contribution >= 0.6 is 0 Å². The SMILES string of the molecule is CCOC(=O)CCCCCS(=O)[O-]. The molecule has 0 fully saturated rings. The van der Waals surface area contributed by atoms with E-state index in [0.29, 0.717) is 25.9 Å². The third-order valence-electron chi connectivity index (χ3n) is 1.50. The Bertz CT molecular complexity index is 170. The first-order chi connectivity index (χ1) is 6.16.